The van der Waals surface area contributed by atoms with Gasteiger partial charge in [0.05, 0.1) is 0 Å². The number of rotatable bonds is 1. The molecule has 0 spiro atoms. The summed E-state index contributed by atoms with van der Waals surface area (Å²) in [7, 11) is 0. The van der Waals surface area contributed by atoms with Crippen LogP contribution in [0.4, 0.5) is 0 Å². The lowest BCUT2D eigenvalue weighted by Gasteiger charge is -1.98. The average molecular weight is 228 g/mol. The number of H-pyrrole nitrogens is 1. The molecule has 0 saturated carbocycles. The lowest BCUT2D eigenvalue weighted by molar-refractivity contribution is 0.933. The number of hydrogen-bond acceptors (Lipinski definition) is 3. The van der Waals surface area contributed by atoms with Gasteiger partial charge in [-0.1, -0.05) is 13.0 Å². The van der Waals surface area contributed by atoms with Gasteiger partial charge >= 0.3 is 0 Å². The van der Waals surface area contributed by atoms with E-state index in [1.165, 1.54) is 0 Å². The standard InChI is InChI=1S/C12H12N4O/c1-3-8-13-11-10(12(17)14-8)15-9-5-4-7(2)6-16(9)11/h4-6H,3H2,1-2H3,(H,13,14,17). The Labute approximate surface area is 97.1 Å². The van der Waals surface area contributed by atoms with E-state index in [9.17, 15) is 4.79 Å². The highest BCUT2D eigenvalue weighted by molar-refractivity contribution is 5.75. The topological polar surface area (TPSA) is 63.1 Å². The van der Waals surface area contributed by atoms with Crippen molar-refractivity contribution in [3.05, 3.63) is 40.1 Å². The van der Waals surface area contributed by atoms with Crippen LogP contribution in [-0.4, -0.2) is 19.4 Å². The second-order valence-electron chi connectivity index (χ2n) is 4.08. The van der Waals surface area contributed by atoms with Gasteiger partial charge in [0.25, 0.3) is 5.56 Å². The summed E-state index contributed by atoms with van der Waals surface area (Å²) >= 11 is 0. The zero-order valence-corrected chi connectivity index (χ0v) is 9.69. The van der Waals surface area contributed by atoms with Crippen molar-refractivity contribution in [3.63, 3.8) is 0 Å². The molecule has 0 radical (unpaired) electrons. The van der Waals surface area contributed by atoms with Crippen LogP contribution in [0.15, 0.2) is 23.1 Å². The highest BCUT2D eigenvalue weighted by Crippen LogP contribution is 2.12. The van der Waals surface area contributed by atoms with Crippen LogP contribution >= 0.6 is 0 Å². The summed E-state index contributed by atoms with van der Waals surface area (Å²) in [5, 5.41) is 0. The third-order valence-electron chi connectivity index (χ3n) is 2.79. The Morgan fingerprint density at radius 1 is 1.35 bits per heavy atom. The molecular weight excluding hydrogens is 216 g/mol. The van der Waals surface area contributed by atoms with Gasteiger partial charge in [-0.2, -0.15) is 0 Å². The molecule has 0 aliphatic rings. The molecule has 0 aliphatic carbocycles. The molecule has 0 atom stereocenters. The molecule has 86 valence electrons. The number of imidazole rings is 1. The third kappa shape index (κ3) is 1.43. The molecule has 0 amide bonds. The molecule has 0 fully saturated rings. The molecule has 3 aromatic heterocycles. The van der Waals surface area contributed by atoms with Gasteiger partial charge in [-0.25, -0.2) is 9.97 Å². The van der Waals surface area contributed by atoms with Crippen molar-refractivity contribution >= 4 is 16.8 Å². The van der Waals surface area contributed by atoms with Crippen LogP contribution in [0.2, 0.25) is 0 Å². The summed E-state index contributed by atoms with van der Waals surface area (Å²) in [5.41, 5.74) is 2.71. The van der Waals surface area contributed by atoms with Crippen LogP contribution in [0.3, 0.4) is 0 Å². The fourth-order valence-corrected chi connectivity index (χ4v) is 1.91. The first-order valence-corrected chi connectivity index (χ1v) is 5.56. The fraction of sp³-hybridized carbons (Fsp3) is 0.250. The summed E-state index contributed by atoms with van der Waals surface area (Å²) < 4.78 is 1.86. The highest BCUT2D eigenvalue weighted by Gasteiger charge is 2.10. The van der Waals surface area contributed by atoms with E-state index in [4.69, 9.17) is 0 Å². The number of aryl methyl sites for hydroxylation is 2. The second kappa shape index (κ2) is 3.41. The van der Waals surface area contributed by atoms with Gasteiger partial charge in [-0.3, -0.25) is 9.20 Å². The normalized spacial score (nSPS) is 11.4. The summed E-state index contributed by atoms with van der Waals surface area (Å²) in [6.07, 6.45) is 2.64. The van der Waals surface area contributed by atoms with E-state index in [-0.39, 0.29) is 5.56 Å². The van der Waals surface area contributed by atoms with E-state index >= 15 is 0 Å². The minimum atomic E-state index is -0.173. The maximum Gasteiger partial charge on any atom is 0.279 e. The van der Waals surface area contributed by atoms with Gasteiger partial charge in [0.15, 0.2) is 11.2 Å². The first-order chi connectivity index (χ1) is 8.19. The van der Waals surface area contributed by atoms with Gasteiger partial charge in [0.1, 0.15) is 11.5 Å². The van der Waals surface area contributed by atoms with Gasteiger partial charge in [-0.15, -0.1) is 0 Å². The minimum Gasteiger partial charge on any atom is -0.309 e. The number of aromatic nitrogens is 4. The number of nitrogens with one attached hydrogen (secondary N) is 1. The van der Waals surface area contributed by atoms with Crippen LogP contribution in [0, 0.1) is 6.92 Å². The summed E-state index contributed by atoms with van der Waals surface area (Å²) in [6, 6.07) is 3.86. The Morgan fingerprint density at radius 3 is 2.94 bits per heavy atom. The van der Waals surface area contributed by atoms with E-state index < -0.39 is 0 Å². The average Bonchev–Trinajstić information content (AvgIpc) is 2.68. The smallest absolute Gasteiger partial charge is 0.279 e. The Bertz CT molecular complexity index is 769. The number of nitrogens with zero attached hydrogens (tertiary/aromatic N) is 3. The van der Waals surface area contributed by atoms with E-state index in [2.05, 4.69) is 15.0 Å². The first kappa shape index (κ1) is 10.0. The molecular formula is C12H12N4O. The van der Waals surface area contributed by atoms with Crippen LogP contribution in [0.1, 0.15) is 18.3 Å². The fourth-order valence-electron chi connectivity index (χ4n) is 1.91. The van der Waals surface area contributed by atoms with Gasteiger partial charge in [0, 0.05) is 12.6 Å². The lowest BCUT2D eigenvalue weighted by atomic mass is 10.3. The third-order valence-corrected chi connectivity index (χ3v) is 2.79. The maximum atomic E-state index is 11.8. The van der Waals surface area contributed by atoms with Gasteiger partial charge in [0.2, 0.25) is 0 Å². The molecule has 3 aromatic rings. The molecule has 0 aromatic carbocycles. The lowest BCUT2D eigenvalue weighted by Crippen LogP contribution is -2.11. The molecule has 5 heteroatoms. The van der Waals surface area contributed by atoms with E-state index in [0.29, 0.717) is 23.4 Å². The van der Waals surface area contributed by atoms with E-state index in [1.54, 1.807) is 0 Å². The molecule has 3 heterocycles. The molecule has 1 N–H and O–H groups in total. The van der Waals surface area contributed by atoms with Crippen molar-refractivity contribution in [1.29, 1.82) is 0 Å². The summed E-state index contributed by atoms with van der Waals surface area (Å²) in [4.78, 5) is 23.3. The predicted octanol–water partition coefficient (Wildman–Crippen LogP) is 1.44. The number of fused-ring (bicyclic) bond motifs is 3. The van der Waals surface area contributed by atoms with Crippen molar-refractivity contribution < 1.29 is 0 Å². The largest absolute Gasteiger partial charge is 0.309 e. The summed E-state index contributed by atoms with van der Waals surface area (Å²) in [5.74, 6) is 0.686. The SMILES string of the molecule is CCc1nc2c(nc3ccc(C)cn32)c(=O)[nH]1. The van der Waals surface area contributed by atoms with Crippen molar-refractivity contribution in [1.82, 2.24) is 19.4 Å². The Balaban J connectivity index is 2.54. The van der Waals surface area contributed by atoms with Crippen LogP contribution in [-0.2, 0) is 6.42 Å². The molecule has 17 heavy (non-hydrogen) atoms. The number of hydrogen-bond donors (Lipinski definition) is 1. The Kier molecular flexibility index (Phi) is 2.01. The second-order valence-corrected chi connectivity index (χ2v) is 4.08. The predicted molar refractivity (Wildman–Crippen MR) is 65.2 cm³/mol. The van der Waals surface area contributed by atoms with Gasteiger partial charge in [-0.05, 0) is 18.6 Å². The van der Waals surface area contributed by atoms with Crippen LogP contribution in [0.25, 0.3) is 16.8 Å². The minimum absolute atomic E-state index is 0.173. The zero-order valence-electron chi connectivity index (χ0n) is 9.69. The summed E-state index contributed by atoms with van der Waals surface area (Å²) in [6.45, 7) is 3.96. The van der Waals surface area contributed by atoms with Crippen molar-refractivity contribution in [2.24, 2.45) is 0 Å². The molecule has 0 unspecified atom stereocenters. The Hall–Kier alpha value is -2.17. The van der Waals surface area contributed by atoms with E-state index in [0.717, 1.165) is 11.2 Å². The van der Waals surface area contributed by atoms with Crippen LogP contribution < -0.4 is 5.56 Å². The van der Waals surface area contributed by atoms with Crippen LogP contribution in [0.5, 0.6) is 0 Å². The molecule has 0 bridgehead atoms. The molecule has 5 nitrogen and oxygen atoms in total. The highest BCUT2D eigenvalue weighted by atomic mass is 16.1. The zero-order chi connectivity index (χ0) is 12.0. The van der Waals surface area contributed by atoms with Crippen molar-refractivity contribution in [2.45, 2.75) is 20.3 Å². The first-order valence-electron chi connectivity index (χ1n) is 5.56. The number of pyridine rings is 1. The maximum absolute atomic E-state index is 11.8. The molecule has 0 aliphatic heterocycles. The quantitative estimate of drug-likeness (QED) is 0.685. The monoisotopic (exact) mass is 228 g/mol. The van der Waals surface area contributed by atoms with Crippen molar-refractivity contribution in [3.8, 4) is 0 Å². The van der Waals surface area contributed by atoms with Crippen molar-refractivity contribution in [2.75, 3.05) is 0 Å². The molecule has 0 saturated heterocycles. The Morgan fingerprint density at radius 2 is 2.18 bits per heavy atom. The van der Waals surface area contributed by atoms with E-state index in [1.807, 2.05) is 36.6 Å². The van der Waals surface area contributed by atoms with Gasteiger partial charge < -0.3 is 4.98 Å². The number of aromatic amines is 1. The molecule has 3 rings (SSSR count).